The number of rotatable bonds is 1. The summed E-state index contributed by atoms with van der Waals surface area (Å²) in [6, 6.07) is 16.4. The van der Waals surface area contributed by atoms with Crippen LogP contribution in [-0.2, 0) is 0 Å². The van der Waals surface area contributed by atoms with Crippen LogP contribution in [-0.4, -0.2) is 11.7 Å². The Labute approximate surface area is 158 Å². The molecule has 2 heteroatoms. The Balaban J connectivity index is 0.000000197. The zero-order valence-corrected chi connectivity index (χ0v) is 16.9. The molecule has 0 radical (unpaired) electrons. The maximum absolute atomic E-state index is 3.95. The van der Waals surface area contributed by atoms with Crippen LogP contribution in [0.15, 0.2) is 65.9 Å². The van der Waals surface area contributed by atoms with E-state index in [1.54, 1.807) is 0 Å². The predicted molar refractivity (Wildman–Crippen MR) is 115 cm³/mol. The van der Waals surface area contributed by atoms with Crippen LogP contribution in [0.25, 0.3) is 0 Å². The number of aliphatic imine (C=N–C) groups is 1. The quantitative estimate of drug-likeness (QED) is 0.453. The SMILES string of the molecule is C=Nc1ccc(C)c(C)c1.Cc1ccccc1C.Cc1ccncc1C. The topological polar surface area (TPSA) is 25.2 Å². The fourth-order valence-electron chi connectivity index (χ4n) is 2.03. The van der Waals surface area contributed by atoms with Crippen LogP contribution in [0, 0.1) is 41.5 Å². The summed E-state index contributed by atoms with van der Waals surface area (Å²) in [4.78, 5) is 7.77. The van der Waals surface area contributed by atoms with Gasteiger partial charge in [-0.3, -0.25) is 9.98 Å². The van der Waals surface area contributed by atoms with E-state index in [0.717, 1.165) is 5.69 Å². The van der Waals surface area contributed by atoms with Gasteiger partial charge in [0.25, 0.3) is 0 Å². The molecule has 3 rings (SSSR count). The zero-order chi connectivity index (χ0) is 19.5. The van der Waals surface area contributed by atoms with Crippen molar-refractivity contribution in [3.8, 4) is 0 Å². The van der Waals surface area contributed by atoms with Crippen molar-refractivity contribution in [1.29, 1.82) is 0 Å². The second-order valence-corrected chi connectivity index (χ2v) is 6.47. The molecule has 2 nitrogen and oxygen atoms in total. The summed E-state index contributed by atoms with van der Waals surface area (Å²) < 4.78 is 0. The lowest BCUT2D eigenvalue weighted by Crippen LogP contribution is -1.78. The van der Waals surface area contributed by atoms with Crippen molar-refractivity contribution in [2.24, 2.45) is 4.99 Å². The van der Waals surface area contributed by atoms with Crippen molar-refractivity contribution in [2.75, 3.05) is 0 Å². The highest BCUT2D eigenvalue weighted by atomic mass is 14.7. The third-order valence-electron chi connectivity index (χ3n) is 4.40. The largest absolute Gasteiger partial charge is 0.265 e. The van der Waals surface area contributed by atoms with Crippen LogP contribution in [0.5, 0.6) is 0 Å². The summed E-state index contributed by atoms with van der Waals surface area (Å²) >= 11 is 0. The maximum atomic E-state index is 3.95. The van der Waals surface area contributed by atoms with Gasteiger partial charge in [-0.25, -0.2) is 0 Å². The number of nitrogens with zero attached hydrogens (tertiary/aromatic N) is 2. The molecular weight excluding hydrogens is 316 g/mol. The Kier molecular flexibility index (Phi) is 9.00. The van der Waals surface area contributed by atoms with Crippen LogP contribution in [0.3, 0.4) is 0 Å². The molecule has 2 aromatic carbocycles. The molecule has 0 saturated carbocycles. The number of pyridine rings is 1. The van der Waals surface area contributed by atoms with Crippen LogP contribution in [0.1, 0.15) is 33.4 Å². The van der Waals surface area contributed by atoms with Crippen molar-refractivity contribution < 1.29 is 0 Å². The van der Waals surface area contributed by atoms with E-state index < -0.39 is 0 Å². The minimum absolute atomic E-state index is 0.947. The van der Waals surface area contributed by atoms with Gasteiger partial charge in [-0.2, -0.15) is 0 Å². The average Bonchev–Trinajstić information content (AvgIpc) is 2.63. The molecule has 0 bridgehead atoms. The van der Waals surface area contributed by atoms with Crippen molar-refractivity contribution >= 4 is 12.4 Å². The fourth-order valence-corrected chi connectivity index (χ4v) is 2.03. The number of aryl methyl sites for hydroxylation is 6. The fraction of sp³-hybridized carbons (Fsp3) is 0.250. The average molecular weight is 347 g/mol. The minimum Gasteiger partial charge on any atom is -0.265 e. The number of aromatic nitrogens is 1. The lowest BCUT2D eigenvalue weighted by molar-refractivity contribution is 1.22. The first-order chi connectivity index (χ1) is 12.3. The molecule has 0 aliphatic heterocycles. The van der Waals surface area contributed by atoms with Crippen LogP contribution in [0.4, 0.5) is 5.69 Å². The monoisotopic (exact) mass is 346 g/mol. The number of benzene rings is 2. The second kappa shape index (κ2) is 11.0. The van der Waals surface area contributed by atoms with Gasteiger partial charge in [-0.1, -0.05) is 30.3 Å². The van der Waals surface area contributed by atoms with Gasteiger partial charge >= 0.3 is 0 Å². The first kappa shape index (κ1) is 21.3. The van der Waals surface area contributed by atoms with Crippen molar-refractivity contribution in [2.45, 2.75) is 41.5 Å². The van der Waals surface area contributed by atoms with E-state index in [-0.39, 0.29) is 0 Å². The third kappa shape index (κ3) is 7.43. The van der Waals surface area contributed by atoms with Crippen molar-refractivity contribution in [1.82, 2.24) is 4.98 Å². The van der Waals surface area contributed by atoms with Gasteiger partial charge in [0.15, 0.2) is 0 Å². The molecule has 0 amide bonds. The number of hydrogen-bond donors (Lipinski definition) is 0. The second-order valence-electron chi connectivity index (χ2n) is 6.47. The van der Waals surface area contributed by atoms with Gasteiger partial charge in [0.1, 0.15) is 0 Å². The van der Waals surface area contributed by atoms with Gasteiger partial charge in [-0.05, 0) is 99.8 Å². The molecule has 0 aliphatic rings. The molecule has 3 aromatic rings. The molecule has 0 saturated heterocycles. The number of hydrogen-bond acceptors (Lipinski definition) is 2. The lowest BCUT2D eigenvalue weighted by atomic mass is 10.1. The standard InChI is InChI=1S/C9H11N.C8H10.C7H9N/c1-7-4-5-9(10-3)6-8(7)2;1-7-5-3-4-6-8(7)2;1-6-3-4-8-5-7(6)2/h4-6H,3H2,1-2H3;3-6H,1-2H3;3-5H,1-2H3. The summed E-state index contributed by atoms with van der Waals surface area (Å²) in [5.41, 5.74) is 8.81. The molecule has 0 N–H and O–H groups in total. The molecule has 26 heavy (non-hydrogen) atoms. The Morgan fingerprint density at radius 2 is 1.19 bits per heavy atom. The van der Waals surface area contributed by atoms with E-state index in [2.05, 4.69) is 88.6 Å². The van der Waals surface area contributed by atoms with Crippen LogP contribution in [0.2, 0.25) is 0 Å². The van der Waals surface area contributed by atoms with Crippen LogP contribution >= 0.6 is 0 Å². The van der Waals surface area contributed by atoms with E-state index >= 15 is 0 Å². The molecule has 0 atom stereocenters. The Morgan fingerprint density at radius 3 is 1.58 bits per heavy atom. The molecule has 0 fully saturated rings. The van der Waals surface area contributed by atoms with Crippen molar-refractivity contribution in [3.63, 3.8) is 0 Å². The first-order valence-corrected chi connectivity index (χ1v) is 8.78. The first-order valence-electron chi connectivity index (χ1n) is 8.78. The smallest absolute Gasteiger partial charge is 0.0625 e. The van der Waals surface area contributed by atoms with E-state index in [4.69, 9.17) is 0 Å². The Hall–Kier alpha value is -2.74. The summed E-state index contributed by atoms with van der Waals surface area (Å²) in [6.45, 7) is 16.0. The summed E-state index contributed by atoms with van der Waals surface area (Å²) in [5.74, 6) is 0. The van der Waals surface area contributed by atoms with Gasteiger partial charge in [0.05, 0.1) is 5.69 Å². The summed E-state index contributed by atoms with van der Waals surface area (Å²) in [6.07, 6.45) is 3.68. The molecule has 136 valence electrons. The molecule has 1 heterocycles. The molecule has 0 spiro atoms. The molecule has 1 aromatic heterocycles. The Morgan fingerprint density at radius 1 is 0.654 bits per heavy atom. The molecule has 0 aliphatic carbocycles. The van der Waals surface area contributed by atoms with Gasteiger partial charge in [0, 0.05) is 12.4 Å². The van der Waals surface area contributed by atoms with Crippen molar-refractivity contribution in [3.05, 3.63) is 94.3 Å². The third-order valence-corrected chi connectivity index (χ3v) is 4.40. The van der Waals surface area contributed by atoms with Gasteiger partial charge in [-0.15, -0.1) is 0 Å². The molecular formula is C24H30N2. The zero-order valence-electron chi connectivity index (χ0n) is 16.9. The lowest BCUT2D eigenvalue weighted by Gasteiger charge is -1.98. The van der Waals surface area contributed by atoms with Gasteiger partial charge < -0.3 is 0 Å². The highest BCUT2D eigenvalue weighted by molar-refractivity contribution is 5.48. The Bertz CT molecular complexity index is 750. The predicted octanol–water partition coefficient (Wildman–Crippen LogP) is 6.64. The summed E-state index contributed by atoms with van der Waals surface area (Å²) in [7, 11) is 0. The normalized spacial score (nSPS) is 9.31. The maximum Gasteiger partial charge on any atom is 0.0625 e. The van der Waals surface area contributed by atoms with E-state index in [1.807, 2.05) is 30.6 Å². The van der Waals surface area contributed by atoms with Gasteiger partial charge in [0.2, 0.25) is 0 Å². The highest BCUT2D eigenvalue weighted by Gasteiger charge is 1.91. The van der Waals surface area contributed by atoms with Crippen LogP contribution < -0.4 is 0 Å². The highest BCUT2D eigenvalue weighted by Crippen LogP contribution is 2.15. The van der Waals surface area contributed by atoms with E-state index in [0.29, 0.717) is 0 Å². The van der Waals surface area contributed by atoms with E-state index in [1.165, 1.54) is 33.4 Å². The minimum atomic E-state index is 0.947. The van der Waals surface area contributed by atoms with E-state index in [9.17, 15) is 0 Å². The molecule has 0 unspecified atom stereocenters. The summed E-state index contributed by atoms with van der Waals surface area (Å²) in [5, 5.41) is 0.